The number of nitrogens with one attached hydrogen (secondary N) is 2. The van der Waals surface area contributed by atoms with E-state index in [0.29, 0.717) is 18.1 Å². The van der Waals surface area contributed by atoms with E-state index in [0.717, 1.165) is 25.2 Å². The van der Waals surface area contributed by atoms with Gasteiger partial charge in [0.25, 0.3) is 0 Å². The number of hydrogen-bond acceptors (Lipinski definition) is 5. The first-order valence-corrected chi connectivity index (χ1v) is 6.69. The lowest BCUT2D eigenvalue weighted by Crippen LogP contribution is -2.12. The van der Waals surface area contributed by atoms with E-state index in [1.54, 1.807) is 0 Å². The molecule has 0 spiro atoms. The van der Waals surface area contributed by atoms with Crippen LogP contribution in [0.4, 0.5) is 11.6 Å². The predicted molar refractivity (Wildman–Crippen MR) is 73.3 cm³/mol. The van der Waals surface area contributed by atoms with Gasteiger partial charge in [-0.25, -0.2) is 9.97 Å². The molecule has 1 aromatic heterocycles. The summed E-state index contributed by atoms with van der Waals surface area (Å²) in [6.07, 6.45) is 2.89. The second-order valence-corrected chi connectivity index (χ2v) is 4.90. The molecule has 1 saturated carbocycles. The smallest absolute Gasteiger partial charge is 0.308 e. The zero-order valence-electron chi connectivity index (χ0n) is 11.3. The fourth-order valence-electron chi connectivity index (χ4n) is 1.94. The van der Waals surface area contributed by atoms with E-state index in [4.69, 9.17) is 5.11 Å². The molecule has 0 aliphatic heterocycles. The van der Waals surface area contributed by atoms with Crippen molar-refractivity contribution in [3.05, 3.63) is 11.9 Å². The Morgan fingerprint density at radius 3 is 2.84 bits per heavy atom. The third-order valence-electron chi connectivity index (χ3n) is 3.12. The van der Waals surface area contributed by atoms with Gasteiger partial charge in [-0.1, -0.05) is 13.3 Å². The topological polar surface area (TPSA) is 87.1 Å². The summed E-state index contributed by atoms with van der Waals surface area (Å²) < 4.78 is 0. The van der Waals surface area contributed by atoms with Crippen molar-refractivity contribution in [1.82, 2.24) is 9.97 Å². The molecule has 2 atom stereocenters. The van der Waals surface area contributed by atoms with Gasteiger partial charge in [-0.15, -0.1) is 0 Å². The Hall–Kier alpha value is -1.85. The minimum absolute atomic E-state index is 0.00436. The van der Waals surface area contributed by atoms with Gasteiger partial charge in [0.15, 0.2) is 0 Å². The van der Waals surface area contributed by atoms with Gasteiger partial charge in [-0.2, -0.15) is 0 Å². The molecule has 0 aromatic carbocycles. The van der Waals surface area contributed by atoms with E-state index in [-0.39, 0.29) is 12.0 Å². The molecule has 0 amide bonds. The van der Waals surface area contributed by atoms with E-state index in [1.807, 2.05) is 13.0 Å². The van der Waals surface area contributed by atoms with Gasteiger partial charge < -0.3 is 15.7 Å². The SMILES string of the molecule is CCCCNc1cc(NC2CC2C(=O)O)nc(C)n1. The van der Waals surface area contributed by atoms with Crippen molar-refractivity contribution in [2.75, 3.05) is 17.2 Å². The molecule has 1 aliphatic carbocycles. The first-order chi connectivity index (χ1) is 9.10. The van der Waals surface area contributed by atoms with E-state index >= 15 is 0 Å². The van der Waals surface area contributed by atoms with Crippen LogP contribution in [-0.2, 0) is 4.79 Å². The number of carboxylic acid groups (broad SMARTS) is 1. The van der Waals surface area contributed by atoms with Crippen LogP contribution in [0.2, 0.25) is 0 Å². The molecule has 6 heteroatoms. The molecule has 0 saturated heterocycles. The summed E-state index contributed by atoms with van der Waals surface area (Å²) in [5, 5.41) is 15.3. The minimum Gasteiger partial charge on any atom is -0.481 e. The molecule has 1 fully saturated rings. The Morgan fingerprint density at radius 2 is 2.21 bits per heavy atom. The van der Waals surface area contributed by atoms with Crippen LogP contribution < -0.4 is 10.6 Å². The molecule has 1 heterocycles. The van der Waals surface area contributed by atoms with Crippen molar-refractivity contribution in [3.63, 3.8) is 0 Å². The van der Waals surface area contributed by atoms with Crippen LogP contribution >= 0.6 is 0 Å². The number of aromatic nitrogens is 2. The van der Waals surface area contributed by atoms with Crippen LogP contribution in [-0.4, -0.2) is 33.6 Å². The van der Waals surface area contributed by atoms with Gasteiger partial charge in [0.05, 0.1) is 5.92 Å². The summed E-state index contributed by atoms with van der Waals surface area (Å²) in [5.41, 5.74) is 0. The largest absolute Gasteiger partial charge is 0.481 e. The average Bonchev–Trinajstić information content (AvgIpc) is 3.08. The number of nitrogens with zero attached hydrogens (tertiary/aromatic N) is 2. The van der Waals surface area contributed by atoms with E-state index in [9.17, 15) is 4.79 Å². The number of rotatable bonds is 7. The highest BCUT2D eigenvalue weighted by molar-refractivity contribution is 5.75. The van der Waals surface area contributed by atoms with E-state index in [1.165, 1.54) is 0 Å². The fraction of sp³-hybridized carbons (Fsp3) is 0.615. The highest BCUT2D eigenvalue weighted by atomic mass is 16.4. The maximum absolute atomic E-state index is 10.8. The first kappa shape index (κ1) is 13.6. The Balaban J connectivity index is 1.95. The lowest BCUT2D eigenvalue weighted by Gasteiger charge is -2.09. The van der Waals surface area contributed by atoms with Gasteiger partial charge in [0.2, 0.25) is 0 Å². The highest BCUT2D eigenvalue weighted by Gasteiger charge is 2.43. The molecule has 1 aromatic rings. The quantitative estimate of drug-likeness (QED) is 0.652. The van der Waals surface area contributed by atoms with Gasteiger partial charge in [0, 0.05) is 18.7 Å². The summed E-state index contributed by atoms with van der Waals surface area (Å²) in [6.45, 7) is 4.85. The summed E-state index contributed by atoms with van der Waals surface area (Å²) in [6, 6.07) is 1.83. The van der Waals surface area contributed by atoms with Crippen molar-refractivity contribution >= 4 is 17.6 Å². The molecule has 0 radical (unpaired) electrons. The fourth-order valence-corrected chi connectivity index (χ4v) is 1.94. The summed E-state index contributed by atoms with van der Waals surface area (Å²) in [4.78, 5) is 19.4. The van der Waals surface area contributed by atoms with Gasteiger partial charge >= 0.3 is 5.97 Å². The monoisotopic (exact) mass is 264 g/mol. The summed E-state index contributed by atoms with van der Waals surface area (Å²) in [5.74, 6) is 1.13. The third-order valence-corrected chi connectivity index (χ3v) is 3.12. The number of hydrogen-bond donors (Lipinski definition) is 3. The van der Waals surface area contributed by atoms with Crippen molar-refractivity contribution < 1.29 is 9.90 Å². The molecular weight excluding hydrogens is 244 g/mol. The van der Waals surface area contributed by atoms with Crippen LogP contribution in [0.1, 0.15) is 32.0 Å². The highest BCUT2D eigenvalue weighted by Crippen LogP contribution is 2.33. The molecular formula is C13H20N4O2. The Kier molecular flexibility index (Phi) is 4.19. The number of unbranched alkanes of at least 4 members (excludes halogenated alkanes) is 1. The Bertz CT molecular complexity index is 464. The Labute approximate surface area is 112 Å². The van der Waals surface area contributed by atoms with Crippen molar-refractivity contribution in [3.8, 4) is 0 Å². The van der Waals surface area contributed by atoms with Crippen molar-refractivity contribution in [1.29, 1.82) is 0 Å². The van der Waals surface area contributed by atoms with E-state index in [2.05, 4.69) is 27.5 Å². The molecule has 19 heavy (non-hydrogen) atoms. The maximum atomic E-state index is 10.8. The number of anilines is 2. The molecule has 6 nitrogen and oxygen atoms in total. The van der Waals surface area contributed by atoms with Crippen molar-refractivity contribution in [2.45, 2.75) is 39.2 Å². The van der Waals surface area contributed by atoms with Gasteiger partial charge in [0.1, 0.15) is 17.5 Å². The Morgan fingerprint density at radius 1 is 1.47 bits per heavy atom. The lowest BCUT2D eigenvalue weighted by atomic mass is 10.3. The van der Waals surface area contributed by atoms with Crippen LogP contribution in [0, 0.1) is 12.8 Å². The standard InChI is InChI=1S/C13H20N4O2/c1-3-4-5-14-11-7-12(16-8(2)15-11)17-10-6-9(10)13(18)19/h7,9-10H,3-6H2,1-2H3,(H,18,19)(H2,14,15,16,17). The molecule has 2 rings (SSSR count). The van der Waals surface area contributed by atoms with Gasteiger partial charge in [-0.3, -0.25) is 4.79 Å². The second kappa shape index (κ2) is 5.86. The first-order valence-electron chi connectivity index (χ1n) is 6.69. The number of carboxylic acids is 1. The molecule has 104 valence electrons. The zero-order chi connectivity index (χ0) is 13.8. The predicted octanol–water partition coefficient (Wildman–Crippen LogP) is 1.88. The van der Waals surface area contributed by atoms with Crippen LogP contribution in [0.3, 0.4) is 0 Å². The maximum Gasteiger partial charge on any atom is 0.308 e. The van der Waals surface area contributed by atoms with Crippen molar-refractivity contribution in [2.24, 2.45) is 5.92 Å². The average molecular weight is 264 g/mol. The van der Waals surface area contributed by atoms with Crippen LogP contribution in [0.5, 0.6) is 0 Å². The molecule has 1 aliphatic rings. The van der Waals surface area contributed by atoms with E-state index < -0.39 is 5.97 Å². The minimum atomic E-state index is -0.746. The van der Waals surface area contributed by atoms with Crippen LogP contribution in [0.15, 0.2) is 6.07 Å². The molecule has 3 N–H and O–H groups in total. The lowest BCUT2D eigenvalue weighted by molar-refractivity contribution is -0.138. The normalized spacial score (nSPS) is 20.9. The number of aryl methyl sites for hydroxylation is 1. The zero-order valence-corrected chi connectivity index (χ0v) is 11.3. The third kappa shape index (κ3) is 3.81. The number of carbonyl (C=O) groups is 1. The number of aliphatic carboxylic acids is 1. The summed E-state index contributed by atoms with van der Waals surface area (Å²) in [7, 11) is 0. The van der Waals surface area contributed by atoms with Crippen LogP contribution in [0.25, 0.3) is 0 Å². The molecule has 2 unspecified atom stereocenters. The van der Waals surface area contributed by atoms with Gasteiger partial charge in [-0.05, 0) is 19.8 Å². The second-order valence-electron chi connectivity index (χ2n) is 4.90. The molecule has 0 bridgehead atoms. The summed E-state index contributed by atoms with van der Waals surface area (Å²) >= 11 is 0.